The first-order valence-electron chi connectivity index (χ1n) is 8.70. The Balaban J connectivity index is 1.86. The number of aromatic amines is 1. The molecule has 0 fully saturated rings. The minimum Gasteiger partial charge on any atom is -0.268 e. The Morgan fingerprint density at radius 2 is 1.96 bits per heavy atom. The SMILES string of the molecule is CC1(C)CCn2nc(-c3ccc(F)cc3)c(-c3ccnc4[nH]ncc34)c21. The number of rotatable bonds is 2. The Kier molecular flexibility index (Phi) is 3.07. The molecule has 3 aromatic heterocycles. The minimum atomic E-state index is -0.247. The predicted octanol–water partition coefficient (Wildman–Crippen LogP) is 4.31. The molecule has 0 saturated heterocycles. The van der Waals surface area contributed by atoms with Crippen LogP contribution in [0.25, 0.3) is 33.4 Å². The molecule has 6 heteroatoms. The van der Waals surface area contributed by atoms with Gasteiger partial charge < -0.3 is 0 Å². The van der Waals surface area contributed by atoms with E-state index in [9.17, 15) is 4.39 Å². The van der Waals surface area contributed by atoms with Gasteiger partial charge in [0.1, 0.15) is 11.5 Å². The molecule has 1 aliphatic heterocycles. The smallest absolute Gasteiger partial charge is 0.155 e. The maximum absolute atomic E-state index is 13.4. The standard InChI is InChI=1S/C20H18FN5/c1-20(2)8-10-26-18(20)16(14-7-9-22-19-15(14)11-23-24-19)17(25-26)12-3-5-13(21)6-4-12/h3-7,9,11H,8,10H2,1-2H3,(H,22,23,24). The Bertz CT molecular complexity index is 1120. The molecule has 0 radical (unpaired) electrons. The summed E-state index contributed by atoms with van der Waals surface area (Å²) < 4.78 is 15.5. The van der Waals surface area contributed by atoms with Gasteiger partial charge in [-0.25, -0.2) is 9.37 Å². The quantitative estimate of drug-likeness (QED) is 0.588. The van der Waals surface area contributed by atoms with Crippen LogP contribution in [0.1, 0.15) is 26.0 Å². The number of hydrogen-bond donors (Lipinski definition) is 1. The largest absolute Gasteiger partial charge is 0.268 e. The van der Waals surface area contributed by atoms with Crippen molar-refractivity contribution in [1.29, 1.82) is 0 Å². The number of nitrogens with zero attached hydrogens (tertiary/aromatic N) is 4. The van der Waals surface area contributed by atoms with Crippen molar-refractivity contribution in [3.8, 4) is 22.4 Å². The van der Waals surface area contributed by atoms with Gasteiger partial charge in [0.2, 0.25) is 0 Å². The molecule has 5 rings (SSSR count). The lowest BCUT2D eigenvalue weighted by molar-refractivity contribution is 0.519. The van der Waals surface area contributed by atoms with Gasteiger partial charge in [-0.3, -0.25) is 9.78 Å². The molecule has 130 valence electrons. The molecule has 0 saturated carbocycles. The normalized spacial score (nSPS) is 15.5. The molecule has 5 nitrogen and oxygen atoms in total. The average molecular weight is 347 g/mol. The van der Waals surface area contributed by atoms with Crippen LogP contribution in [0.5, 0.6) is 0 Å². The molecule has 0 spiro atoms. The number of hydrogen-bond acceptors (Lipinski definition) is 3. The summed E-state index contributed by atoms with van der Waals surface area (Å²) in [6.07, 6.45) is 4.64. The molecule has 0 amide bonds. The minimum absolute atomic E-state index is 0.0138. The zero-order valence-corrected chi connectivity index (χ0v) is 14.6. The van der Waals surface area contributed by atoms with Crippen LogP contribution in [0, 0.1) is 5.82 Å². The fraction of sp³-hybridized carbons (Fsp3) is 0.250. The molecule has 4 aromatic rings. The van der Waals surface area contributed by atoms with Crippen LogP contribution in [-0.2, 0) is 12.0 Å². The summed E-state index contributed by atoms with van der Waals surface area (Å²) in [5.41, 5.74) is 5.91. The lowest BCUT2D eigenvalue weighted by Gasteiger charge is -2.19. The van der Waals surface area contributed by atoms with E-state index in [4.69, 9.17) is 5.10 Å². The molecule has 4 heterocycles. The highest BCUT2D eigenvalue weighted by Crippen LogP contribution is 2.46. The van der Waals surface area contributed by atoms with Gasteiger partial charge in [-0.05, 0) is 42.3 Å². The zero-order chi connectivity index (χ0) is 17.9. The molecule has 0 unspecified atom stereocenters. The van der Waals surface area contributed by atoms with E-state index in [-0.39, 0.29) is 11.2 Å². The highest BCUT2D eigenvalue weighted by Gasteiger charge is 2.37. The molecule has 1 aromatic carbocycles. The maximum atomic E-state index is 13.4. The monoisotopic (exact) mass is 347 g/mol. The maximum Gasteiger partial charge on any atom is 0.155 e. The lowest BCUT2D eigenvalue weighted by Crippen LogP contribution is -2.13. The zero-order valence-electron chi connectivity index (χ0n) is 14.6. The van der Waals surface area contributed by atoms with E-state index in [1.165, 1.54) is 17.8 Å². The van der Waals surface area contributed by atoms with Crippen molar-refractivity contribution >= 4 is 11.0 Å². The number of aromatic nitrogens is 5. The van der Waals surface area contributed by atoms with Crippen molar-refractivity contribution in [3.05, 3.63) is 54.2 Å². The molecular formula is C20H18FN5. The van der Waals surface area contributed by atoms with Gasteiger partial charge in [0.25, 0.3) is 0 Å². The van der Waals surface area contributed by atoms with Gasteiger partial charge in [0.05, 0.1) is 11.9 Å². The highest BCUT2D eigenvalue weighted by atomic mass is 19.1. The number of pyridine rings is 1. The highest BCUT2D eigenvalue weighted by molar-refractivity contribution is 5.97. The van der Waals surface area contributed by atoms with E-state index in [1.54, 1.807) is 24.5 Å². The van der Waals surface area contributed by atoms with E-state index in [0.717, 1.165) is 46.4 Å². The Labute approximate surface area is 149 Å². The first kappa shape index (κ1) is 15.3. The van der Waals surface area contributed by atoms with Crippen molar-refractivity contribution < 1.29 is 4.39 Å². The lowest BCUT2D eigenvalue weighted by atomic mass is 9.83. The summed E-state index contributed by atoms with van der Waals surface area (Å²) in [7, 11) is 0. The van der Waals surface area contributed by atoms with Crippen molar-refractivity contribution in [2.24, 2.45) is 0 Å². The van der Waals surface area contributed by atoms with Crippen LogP contribution >= 0.6 is 0 Å². The molecular weight excluding hydrogens is 329 g/mol. The van der Waals surface area contributed by atoms with Crippen LogP contribution in [0.15, 0.2) is 42.7 Å². The fourth-order valence-corrected chi connectivity index (χ4v) is 3.95. The Morgan fingerprint density at radius 1 is 1.15 bits per heavy atom. The van der Waals surface area contributed by atoms with Crippen LogP contribution in [0.2, 0.25) is 0 Å². The van der Waals surface area contributed by atoms with E-state index < -0.39 is 0 Å². The van der Waals surface area contributed by atoms with Crippen LogP contribution in [-0.4, -0.2) is 25.0 Å². The van der Waals surface area contributed by atoms with E-state index in [0.29, 0.717) is 0 Å². The number of nitrogens with one attached hydrogen (secondary N) is 1. The Hall–Kier alpha value is -3.02. The molecule has 0 aliphatic carbocycles. The third-order valence-corrected chi connectivity index (χ3v) is 5.28. The van der Waals surface area contributed by atoms with Gasteiger partial charge in [-0.15, -0.1) is 0 Å². The second-order valence-corrected chi connectivity index (χ2v) is 7.43. The second-order valence-electron chi connectivity index (χ2n) is 7.43. The molecule has 1 N–H and O–H groups in total. The van der Waals surface area contributed by atoms with Gasteiger partial charge in [-0.1, -0.05) is 13.8 Å². The number of halogens is 1. The number of fused-ring (bicyclic) bond motifs is 2. The van der Waals surface area contributed by atoms with Gasteiger partial charge in [-0.2, -0.15) is 10.2 Å². The summed E-state index contributed by atoms with van der Waals surface area (Å²) >= 11 is 0. The first-order valence-corrected chi connectivity index (χ1v) is 8.70. The predicted molar refractivity (Wildman–Crippen MR) is 98.1 cm³/mol. The van der Waals surface area contributed by atoms with E-state index >= 15 is 0 Å². The summed E-state index contributed by atoms with van der Waals surface area (Å²) in [6, 6.07) is 8.55. The summed E-state index contributed by atoms with van der Waals surface area (Å²) in [6.45, 7) is 5.38. The van der Waals surface area contributed by atoms with Gasteiger partial charge in [0.15, 0.2) is 5.65 Å². The van der Waals surface area contributed by atoms with Crippen LogP contribution in [0.4, 0.5) is 4.39 Å². The van der Waals surface area contributed by atoms with Crippen LogP contribution in [0.3, 0.4) is 0 Å². The number of aryl methyl sites for hydroxylation is 1. The third-order valence-electron chi connectivity index (χ3n) is 5.28. The summed E-state index contributed by atoms with van der Waals surface area (Å²) in [4.78, 5) is 4.36. The average Bonchev–Trinajstić information content (AvgIpc) is 3.31. The molecule has 0 bridgehead atoms. The van der Waals surface area contributed by atoms with Crippen molar-refractivity contribution in [2.45, 2.75) is 32.2 Å². The molecule has 1 aliphatic rings. The van der Waals surface area contributed by atoms with E-state index in [2.05, 4.69) is 33.7 Å². The van der Waals surface area contributed by atoms with Crippen molar-refractivity contribution in [3.63, 3.8) is 0 Å². The van der Waals surface area contributed by atoms with Gasteiger partial charge >= 0.3 is 0 Å². The Morgan fingerprint density at radius 3 is 2.77 bits per heavy atom. The number of H-pyrrole nitrogens is 1. The van der Waals surface area contributed by atoms with Crippen LogP contribution < -0.4 is 0 Å². The topological polar surface area (TPSA) is 59.4 Å². The second kappa shape index (κ2) is 5.24. The third kappa shape index (κ3) is 2.11. The van der Waals surface area contributed by atoms with E-state index in [1.807, 2.05) is 6.07 Å². The summed E-state index contributed by atoms with van der Waals surface area (Å²) in [5.74, 6) is -0.247. The first-order chi connectivity index (χ1) is 12.5. The fourth-order valence-electron chi connectivity index (χ4n) is 3.95. The van der Waals surface area contributed by atoms with Gasteiger partial charge in [0, 0.05) is 34.7 Å². The van der Waals surface area contributed by atoms with Crippen molar-refractivity contribution in [1.82, 2.24) is 25.0 Å². The van der Waals surface area contributed by atoms with Crippen molar-refractivity contribution in [2.75, 3.05) is 0 Å². The number of benzene rings is 1. The molecule has 26 heavy (non-hydrogen) atoms. The summed E-state index contributed by atoms with van der Waals surface area (Å²) in [5, 5.41) is 13.0. The molecule has 0 atom stereocenters.